The molecule has 14 heavy (non-hydrogen) atoms. The Bertz CT molecular complexity index is 320. The first kappa shape index (κ1) is 9.38. The van der Waals surface area contributed by atoms with Crippen LogP contribution in [0.15, 0.2) is 18.2 Å². The van der Waals surface area contributed by atoms with Gasteiger partial charge < -0.3 is 9.47 Å². The van der Waals surface area contributed by atoms with Gasteiger partial charge in [-0.25, -0.2) is 0 Å². The zero-order chi connectivity index (χ0) is 9.97. The molecule has 0 bridgehead atoms. The summed E-state index contributed by atoms with van der Waals surface area (Å²) in [4.78, 5) is 0. The molecule has 1 aromatic carbocycles. The molecular weight excluding hydrogens is 176 g/mol. The van der Waals surface area contributed by atoms with Crippen molar-refractivity contribution in [3.8, 4) is 11.5 Å². The molecule has 1 atom stereocenters. The monoisotopic (exact) mass is 192 g/mol. The second kappa shape index (κ2) is 3.91. The summed E-state index contributed by atoms with van der Waals surface area (Å²) < 4.78 is 10.8. The summed E-state index contributed by atoms with van der Waals surface area (Å²) in [5.41, 5.74) is 1.28. The third-order valence-corrected chi connectivity index (χ3v) is 2.68. The molecule has 0 saturated carbocycles. The first-order valence-electron chi connectivity index (χ1n) is 5.21. The van der Waals surface area contributed by atoms with Gasteiger partial charge in [-0.05, 0) is 18.4 Å². The number of hydrogen-bond donors (Lipinski definition) is 0. The van der Waals surface area contributed by atoms with E-state index in [4.69, 9.17) is 9.47 Å². The van der Waals surface area contributed by atoms with Crippen molar-refractivity contribution in [2.45, 2.75) is 32.6 Å². The SMILES string of the molecule is CCCC(C)c1cccc2c1OCO2. The lowest BCUT2D eigenvalue weighted by atomic mass is 9.95. The Morgan fingerprint density at radius 3 is 3.00 bits per heavy atom. The van der Waals surface area contributed by atoms with Crippen LogP contribution in [0.5, 0.6) is 11.5 Å². The van der Waals surface area contributed by atoms with Crippen LogP contribution < -0.4 is 9.47 Å². The molecule has 0 aliphatic carbocycles. The van der Waals surface area contributed by atoms with Crippen molar-refractivity contribution < 1.29 is 9.47 Å². The van der Waals surface area contributed by atoms with E-state index in [2.05, 4.69) is 19.9 Å². The molecule has 0 spiro atoms. The topological polar surface area (TPSA) is 18.5 Å². The number of hydrogen-bond acceptors (Lipinski definition) is 2. The molecule has 2 heteroatoms. The Kier molecular flexibility index (Phi) is 2.62. The molecule has 1 unspecified atom stereocenters. The Balaban J connectivity index is 2.29. The van der Waals surface area contributed by atoms with Crippen LogP contribution in [-0.2, 0) is 0 Å². The van der Waals surface area contributed by atoms with Crippen LogP contribution in [0.4, 0.5) is 0 Å². The fourth-order valence-corrected chi connectivity index (χ4v) is 1.93. The molecule has 2 nitrogen and oxygen atoms in total. The summed E-state index contributed by atoms with van der Waals surface area (Å²) in [6.45, 7) is 4.81. The van der Waals surface area contributed by atoms with Crippen LogP contribution in [0.2, 0.25) is 0 Å². The van der Waals surface area contributed by atoms with Gasteiger partial charge in [0.15, 0.2) is 11.5 Å². The third kappa shape index (κ3) is 1.57. The molecule has 0 radical (unpaired) electrons. The van der Waals surface area contributed by atoms with Gasteiger partial charge in [0.1, 0.15) is 0 Å². The lowest BCUT2D eigenvalue weighted by Gasteiger charge is -2.12. The molecule has 2 rings (SSSR count). The fraction of sp³-hybridized carbons (Fsp3) is 0.500. The van der Waals surface area contributed by atoms with E-state index in [1.807, 2.05) is 12.1 Å². The molecule has 76 valence electrons. The highest BCUT2D eigenvalue weighted by molar-refractivity contribution is 5.49. The largest absolute Gasteiger partial charge is 0.454 e. The van der Waals surface area contributed by atoms with Gasteiger partial charge in [0, 0.05) is 5.56 Å². The summed E-state index contributed by atoms with van der Waals surface area (Å²) in [6.07, 6.45) is 2.39. The molecule has 0 N–H and O–H groups in total. The van der Waals surface area contributed by atoms with Crippen molar-refractivity contribution in [3.63, 3.8) is 0 Å². The lowest BCUT2D eigenvalue weighted by molar-refractivity contribution is 0.173. The zero-order valence-corrected chi connectivity index (χ0v) is 8.75. The van der Waals surface area contributed by atoms with E-state index in [9.17, 15) is 0 Å². The predicted octanol–water partition coefficient (Wildman–Crippen LogP) is 3.32. The van der Waals surface area contributed by atoms with Crippen LogP contribution in [0, 0.1) is 0 Å². The highest BCUT2D eigenvalue weighted by Crippen LogP contribution is 2.40. The van der Waals surface area contributed by atoms with Gasteiger partial charge in [-0.3, -0.25) is 0 Å². The van der Waals surface area contributed by atoms with E-state index in [0.717, 1.165) is 11.5 Å². The fourth-order valence-electron chi connectivity index (χ4n) is 1.93. The summed E-state index contributed by atoms with van der Waals surface area (Å²) in [7, 11) is 0. The summed E-state index contributed by atoms with van der Waals surface area (Å²) in [5.74, 6) is 2.40. The van der Waals surface area contributed by atoms with E-state index in [0.29, 0.717) is 12.7 Å². The normalized spacial score (nSPS) is 15.6. The van der Waals surface area contributed by atoms with Crippen LogP contribution in [0.1, 0.15) is 38.2 Å². The van der Waals surface area contributed by atoms with Crippen LogP contribution >= 0.6 is 0 Å². The van der Waals surface area contributed by atoms with Crippen molar-refractivity contribution in [2.75, 3.05) is 6.79 Å². The zero-order valence-electron chi connectivity index (χ0n) is 8.75. The lowest BCUT2D eigenvalue weighted by Crippen LogP contribution is -1.97. The minimum Gasteiger partial charge on any atom is -0.454 e. The van der Waals surface area contributed by atoms with Gasteiger partial charge in [0.2, 0.25) is 6.79 Å². The van der Waals surface area contributed by atoms with Crippen molar-refractivity contribution in [1.82, 2.24) is 0 Å². The van der Waals surface area contributed by atoms with Gasteiger partial charge >= 0.3 is 0 Å². The highest BCUT2D eigenvalue weighted by atomic mass is 16.7. The van der Waals surface area contributed by atoms with Crippen LogP contribution in [0.3, 0.4) is 0 Å². The maximum Gasteiger partial charge on any atom is 0.231 e. The van der Waals surface area contributed by atoms with Crippen LogP contribution in [0.25, 0.3) is 0 Å². The van der Waals surface area contributed by atoms with Crippen molar-refractivity contribution in [2.24, 2.45) is 0 Å². The average molecular weight is 192 g/mol. The maximum atomic E-state index is 5.47. The number of fused-ring (bicyclic) bond motifs is 1. The standard InChI is InChI=1S/C12H16O2/c1-3-5-9(2)10-6-4-7-11-12(10)14-8-13-11/h4,6-7,9H,3,5,8H2,1-2H3. The first-order chi connectivity index (χ1) is 6.83. The smallest absolute Gasteiger partial charge is 0.231 e. The number of benzene rings is 1. The third-order valence-electron chi connectivity index (χ3n) is 2.68. The Labute approximate surface area is 84.8 Å². The Morgan fingerprint density at radius 1 is 1.36 bits per heavy atom. The minimum absolute atomic E-state index is 0.366. The van der Waals surface area contributed by atoms with E-state index in [1.54, 1.807) is 0 Å². The van der Waals surface area contributed by atoms with Crippen molar-refractivity contribution in [1.29, 1.82) is 0 Å². The highest BCUT2D eigenvalue weighted by Gasteiger charge is 2.19. The van der Waals surface area contributed by atoms with Gasteiger partial charge in [-0.15, -0.1) is 0 Å². The molecule has 1 heterocycles. The predicted molar refractivity (Wildman–Crippen MR) is 55.9 cm³/mol. The molecule has 0 fully saturated rings. The Morgan fingerprint density at radius 2 is 2.21 bits per heavy atom. The number of para-hydroxylation sites is 1. The maximum absolute atomic E-state index is 5.47. The molecule has 0 aromatic heterocycles. The van der Waals surface area contributed by atoms with E-state index < -0.39 is 0 Å². The van der Waals surface area contributed by atoms with E-state index >= 15 is 0 Å². The quantitative estimate of drug-likeness (QED) is 0.731. The van der Waals surface area contributed by atoms with Crippen molar-refractivity contribution in [3.05, 3.63) is 23.8 Å². The summed E-state index contributed by atoms with van der Waals surface area (Å²) in [5, 5.41) is 0. The molecular formula is C12H16O2. The second-order valence-electron chi connectivity index (χ2n) is 3.77. The number of rotatable bonds is 3. The summed E-state index contributed by atoms with van der Waals surface area (Å²) >= 11 is 0. The molecule has 1 aliphatic heterocycles. The van der Waals surface area contributed by atoms with Gasteiger partial charge in [0.05, 0.1) is 0 Å². The van der Waals surface area contributed by atoms with Gasteiger partial charge in [0.25, 0.3) is 0 Å². The van der Waals surface area contributed by atoms with E-state index in [1.165, 1.54) is 18.4 Å². The van der Waals surface area contributed by atoms with Gasteiger partial charge in [-0.1, -0.05) is 32.4 Å². The molecule has 1 aromatic rings. The first-order valence-corrected chi connectivity index (χ1v) is 5.21. The average Bonchev–Trinajstić information content (AvgIpc) is 2.65. The minimum atomic E-state index is 0.366. The molecule has 0 amide bonds. The van der Waals surface area contributed by atoms with Crippen LogP contribution in [-0.4, -0.2) is 6.79 Å². The Hall–Kier alpha value is -1.18. The number of ether oxygens (including phenoxy) is 2. The summed E-state index contributed by atoms with van der Waals surface area (Å²) in [6, 6.07) is 6.13. The van der Waals surface area contributed by atoms with E-state index in [-0.39, 0.29) is 0 Å². The molecule has 0 saturated heterocycles. The molecule has 1 aliphatic rings. The van der Waals surface area contributed by atoms with Crippen molar-refractivity contribution >= 4 is 0 Å². The second-order valence-corrected chi connectivity index (χ2v) is 3.77. The van der Waals surface area contributed by atoms with Gasteiger partial charge in [-0.2, -0.15) is 0 Å².